The molecule has 3 nitrogen and oxygen atoms in total. The monoisotopic (exact) mass is 285 g/mol. The van der Waals surface area contributed by atoms with E-state index < -0.39 is 10.0 Å². The summed E-state index contributed by atoms with van der Waals surface area (Å²) < 4.78 is 24.3. The van der Waals surface area contributed by atoms with Gasteiger partial charge in [-0.15, -0.1) is 6.58 Å². The van der Waals surface area contributed by atoms with Crippen molar-refractivity contribution in [3.8, 4) is 0 Å². The van der Waals surface area contributed by atoms with Gasteiger partial charge < -0.3 is 0 Å². The van der Waals surface area contributed by atoms with Crippen LogP contribution in [0.4, 0.5) is 0 Å². The molecule has 0 saturated carbocycles. The third kappa shape index (κ3) is 8.56. The summed E-state index contributed by atoms with van der Waals surface area (Å²) in [5, 5.41) is 0. The molecule has 0 fully saturated rings. The summed E-state index contributed by atoms with van der Waals surface area (Å²) in [5.74, 6) is 0. The molecule has 0 heterocycles. The minimum Gasteiger partial charge on any atom is -0.207 e. The molecule has 0 amide bonds. The lowest BCUT2D eigenvalue weighted by molar-refractivity contribution is 0.521. The summed E-state index contributed by atoms with van der Waals surface area (Å²) in [6.07, 6.45) is 3.00. The number of hydrogen-bond donors (Lipinski definition) is 0. The number of hydrogen-bond acceptors (Lipinski definition) is 2. The van der Waals surface area contributed by atoms with Crippen LogP contribution in [0.25, 0.3) is 0 Å². The van der Waals surface area contributed by atoms with Crippen molar-refractivity contribution in [2.75, 3.05) is 14.1 Å². The highest BCUT2D eigenvalue weighted by atomic mass is 32.2. The topological polar surface area (TPSA) is 37.4 Å². The molecule has 0 bridgehead atoms. The van der Waals surface area contributed by atoms with E-state index in [4.69, 9.17) is 0 Å². The predicted octanol–water partition coefficient (Wildman–Crippen LogP) is 3.85. The van der Waals surface area contributed by atoms with Crippen molar-refractivity contribution in [3.05, 3.63) is 42.5 Å². The van der Waals surface area contributed by atoms with Crippen LogP contribution in [0.15, 0.2) is 41.8 Å². The second-order valence-corrected chi connectivity index (χ2v) is 6.37. The SMILES string of the molecule is C=CC.CCC.Cc1ccc(S(=O)(=O)N(C)C)cc1. The highest BCUT2D eigenvalue weighted by Crippen LogP contribution is 2.12. The Labute approximate surface area is 119 Å². The fourth-order valence-electron chi connectivity index (χ4n) is 0.921. The van der Waals surface area contributed by atoms with Gasteiger partial charge >= 0.3 is 0 Å². The quantitative estimate of drug-likeness (QED) is 0.774. The van der Waals surface area contributed by atoms with Gasteiger partial charge in [0.2, 0.25) is 10.0 Å². The van der Waals surface area contributed by atoms with Crippen molar-refractivity contribution in [1.82, 2.24) is 4.31 Å². The summed E-state index contributed by atoms with van der Waals surface area (Å²) >= 11 is 0. The van der Waals surface area contributed by atoms with Gasteiger partial charge in [0.05, 0.1) is 4.90 Å². The molecule has 1 rings (SSSR count). The fraction of sp³-hybridized carbons (Fsp3) is 0.467. The van der Waals surface area contributed by atoms with Crippen LogP contribution in [0.1, 0.15) is 32.8 Å². The third-order valence-corrected chi connectivity index (χ3v) is 3.63. The Morgan fingerprint density at radius 2 is 1.47 bits per heavy atom. The van der Waals surface area contributed by atoms with Gasteiger partial charge in [-0.1, -0.05) is 44.0 Å². The van der Waals surface area contributed by atoms with Gasteiger partial charge in [-0.05, 0) is 26.0 Å². The molecule has 0 N–H and O–H groups in total. The molecule has 1 aromatic rings. The van der Waals surface area contributed by atoms with Crippen LogP contribution >= 0.6 is 0 Å². The first-order chi connectivity index (χ1) is 8.77. The van der Waals surface area contributed by atoms with Crippen molar-refractivity contribution in [2.45, 2.75) is 39.0 Å². The zero-order chi connectivity index (χ0) is 15.5. The highest BCUT2D eigenvalue weighted by Gasteiger charge is 2.15. The van der Waals surface area contributed by atoms with Gasteiger partial charge in [-0.2, -0.15) is 0 Å². The van der Waals surface area contributed by atoms with E-state index in [0.717, 1.165) is 5.56 Å². The van der Waals surface area contributed by atoms with E-state index >= 15 is 0 Å². The normalized spacial score (nSPS) is 9.84. The summed E-state index contributed by atoms with van der Waals surface area (Å²) in [5.41, 5.74) is 1.05. The highest BCUT2D eigenvalue weighted by molar-refractivity contribution is 7.89. The first kappa shape index (κ1) is 20.2. The molecule has 0 aromatic heterocycles. The molecular weight excluding hydrogens is 258 g/mol. The minimum atomic E-state index is -3.26. The van der Waals surface area contributed by atoms with E-state index in [1.807, 2.05) is 13.8 Å². The van der Waals surface area contributed by atoms with E-state index in [1.165, 1.54) is 24.8 Å². The van der Waals surface area contributed by atoms with E-state index in [-0.39, 0.29) is 0 Å². The van der Waals surface area contributed by atoms with Crippen LogP contribution in [0.3, 0.4) is 0 Å². The van der Waals surface area contributed by atoms with E-state index in [1.54, 1.807) is 30.3 Å². The molecule has 110 valence electrons. The van der Waals surface area contributed by atoms with Crippen molar-refractivity contribution in [2.24, 2.45) is 0 Å². The summed E-state index contributed by atoms with van der Waals surface area (Å²) in [6, 6.07) is 6.81. The van der Waals surface area contributed by atoms with Crippen LogP contribution in [0.5, 0.6) is 0 Å². The number of sulfonamides is 1. The molecule has 1 aromatic carbocycles. The molecule has 4 heteroatoms. The van der Waals surface area contributed by atoms with Crippen molar-refractivity contribution < 1.29 is 8.42 Å². The lowest BCUT2D eigenvalue weighted by Gasteiger charge is -2.10. The summed E-state index contributed by atoms with van der Waals surface area (Å²) in [4.78, 5) is 0.336. The van der Waals surface area contributed by atoms with Crippen molar-refractivity contribution in [3.63, 3.8) is 0 Å². The van der Waals surface area contributed by atoms with Crippen LogP contribution in [0, 0.1) is 6.92 Å². The van der Waals surface area contributed by atoms with E-state index in [2.05, 4.69) is 20.4 Å². The van der Waals surface area contributed by atoms with Crippen LogP contribution in [-0.2, 0) is 10.0 Å². The Morgan fingerprint density at radius 3 is 1.74 bits per heavy atom. The van der Waals surface area contributed by atoms with Gasteiger partial charge in [0.25, 0.3) is 0 Å². The zero-order valence-electron chi connectivity index (χ0n) is 13.0. The van der Waals surface area contributed by atoms with Crippen LogP contribution in [0.2, 0.25) is 0 Å². The lowest BCUT2D eigenvalue weighted by Crippen LogP contribution is -2.22. The maximum atomic E-state index is 11.6. The standard InChI is InChI=1S/C9H13NO2S.C3H8.C3H6/c1-8-4-6-9(7-5-8)13(11,12)10(2)3;2*1-3-2/h4-7H,1-3H3;3H2,1-2H3;3H,1H2,2H3. The minimum absolute atomic E-state index is 0.336. The van der Waals surface area contributed by atoms with Gasteiger partial charge in [0.15, 0.2) is 0 Å². The van der Waals surface area contributed by atoms with Gasteiger partial charge in [0.1, 0.15) is 0 Å². The fourth-order valence-corrected chi connectivity index (χ4v) is 1.82. The number of benzene rings is 1. The second kappa shape index (κ2) is 10.8. The van der Waals surface area contributed by atoms with Crippen LogP contribution < -0.4 is 0 Å². The van der Waals surface area contributed by atoms with Crippen molar-refractivity contribution in [1.29, 1.82) is 0 Å². The number of nitrogens with zero attached hydrogens (tertiary/aromatic N) is 1. The lowest BCUT2D eigenvalue weighted by atomic mass is 10.2. The van der Waals surface area contributed by atoms with E-state index in [9.17, 15) is 8.42 Å². The average Bonchev–Trinajstić information content (AvgIpc) is 2.31. The molecule has 0 aliphatic carbocycles. The molecule has 0 aliphatic rings. The zero-order valence-corrected chi connectivity index (χ0v) is 13.8. The Morgan fingerprint density at radius 1 is 1.16 bits per heavy atom. The second-order valence-electron chi connectivity index (χ2n) is 4.22. The van der Waals surface area contributed by atoms with Gasteiger partial charge in [0, 0.05) is 14.1 Å². The molecule has 0 aliphatic heterocycles. The Hall–Kier alpha value is -1.13. The number of aryl methyl sites for hydroxylation is 1. The smallest absolute Gasteiger partial charge is 0.207 e. The Kier molecular flexibility index (Phi) is 11.4. The molecule has 0 saturated heterocycles. The largest absolute Gasteiger partial charge is 0.242 e. The van der Waals surface area contributed by atoms with Gasteiger partial charge in [-0.25, -0.2) is 12.7 Å². The van der Waals surface area contributed by atoms with E-state index in [0.29, 0.717) is 4.90 Å². The molecule has 0 radical (unpaired) electrons. The Balaban J connectivity index is 0. The Bertz CT molecular complexity index is 434. The summed E-state index contributed by atoms with van der Waals surface area (Å²) in [6.45, 7) is 11.4. The summed E-state index contributed by atoms with van der Waals surface area (Å²) in [7, 11) is -0.214. The third-order valence-electron chi connectivity index (χ3n) is 1.80. The number of allylic oxidation sites excluding steroid dienone is 1. The molecule has 19 heavy (non-hydrogen) atoms. The molecule has 0 unspecified atom stereocenters. The maximum absolute atomic E-state index is 11.6. The molecular formula is C15H27NO2S. The van der Waals surface area contributed by atoms with Crippen molar-refractivity contribution >= 4 is 10.0 Å². The van der Waals surface area contributed by atoms with Gasteiger partial charge in [-0.3, -0.25) is 0 Å². The predicted molar refractivity (Wildman–Crippen MR) is 83.9 cm³/mol. The first-order valence-corrected chi connectivity index (χ1v) is 7.78. The number of rotatable bonds is 2. The molecule has 0 atom stereocenters. The first-order valence-electron chi connectivity index (χ1n) is 6.34. The average molecular weight is 285 g/mol. The molecule has 0 spiro atoms. The van der Waals surface area contributed by atoms with Crippen LogP contribution in [-0.4, -0.2) is 26.8 Å². The maximum Gasteiger partial charge on any atom is 0.242 e.